The molecule has 0 aliphatic rings. The lowest BCUT2D eigenvalue weighted by Crippen LogP contribution is -2.22. The molecule has 3 nitrogen and oxygen atoms in total. The van der Waals surface area contributed by atoms with E-state index in [2.05, 4.69) is 19.2 Å². The smallest absolute Gasteiger partial charge is 0.410 e. The van der Waals surface area contributed by atoms with Gasteiger partial charge in [0, 0.05) is 7.05 Å². The molecule has 1 atom stereocenters. The quantitative estimate of drug-likeness (QED) is 0.827. The van der Waals surface area contributed by atoms with E-state index in [4.69, 9.17) is 4.74 Å². The summed E-state index contributed by atoms with van der Waals surface area (Å²) in [6, 6.07) is 7.63. The van der Waals surface area contributed by atoms with Crippen LogP contribution in [0.4, 0.5) is 4.79 Å². The van der Waals surface area contributed by atoms with Crippen molar-refractivity contribution in [3.63, 3.8) is 0 Å². The van der Waals surface area contributed by atoms with Gasteiger partial charge in [-0.15, -0.1) is 0 Å². The van der Waals surface area contributed by atoms with Gasteiger partial charge < -0.3 is 10.1 Å². The van der Waals surface area contributed by atoms with Crippen LogP contribution in [0.1, 0.15) is 31.7 Å². The first-order chi connectivity index (χ1) is 7.19. The summed E-state index contributed by atoms with van der Waals surface area (Å²) in [4.78, 5) is 11.1. The Morgan fingerprint density at radius 3 is 2.73 bits per heavy atom. The average molecular weight is 207 g/mol. The van der Waals surface area contributed by atoms with Crippen LogP contribution in [0.3, 0.4) is 0 Å². The van der Waals surface area contributed by atoms with Crippen LogP contribution in [0.2, 0.25) is 0 Å². The number of amides is 1. The van der Waals surface area contributed by atoms with Gasteiger partial charge in [0.15, 0.2) is 0 Å². The van der Waals surface area contributed by atoms with Crippen molar-refractivity contribution in [3.8, 4) is 5.75 Å². The van der Waals surface area contributed by atoms with Gasteiger partial charge in [-0.3, -0.25) is 0 Å². The molecule has 0 aliphatic carbocycles. The first-order valence-electron chi connectivity index (χ1n) is 5.17. The van der Waals surface area contributed by atoms with E-state index < -0.39 is 6.09 Å². The predicted molar refractivity (Wildman–Crippen MR) is 60.2 cm³/mol. The Morgan fingerprint density at radius 2 is 2.13 bits per heavy atom. The van der Waals surface area contributed by atoms with Crippen LogP contribution in [0.5, 0.6) is 5.75 Å². The molecule has 1 unspecified atom stereocenters. The van der Waals surface area contributed by atoms with Gasteiger partial charge in [0.25, 0.3) is 0 Å². The standard InChI is InChI=1S/C12H17NO2/c1-4-9(2)10-7-5-6-8-11(10)15-12(14)13-3/h5-9H,4H2,1-3H3,(H,13,14). The summed E-state index contributed by atoms with van der Waals surface area (Å²) in [6.45, 7) is 4.23. The number of rotatable bonds is 3. The SMILES string of the molecule is CCC(C)c1ccccc1OC(=O)NC. The zero-order valence-corrected chi connectivity index (χ0v) is 9.41. The summed E-state index contributed by atoms with van der Waals surface area (Å²) < 4.78 is 5.17. The van der Waals surface area contributed by atoms with Gasteiger partial charge in [-0.05, 0) is 24.0 Å². The maximum Gasteiger partial charge on any atom is 0.412 e. The lowest BCUT2D eigenvalue weighted by Gasteiger charge is -2.13. The lowest BCUT2D eigenvalue weighted by molar-refractivity contribution is 0.202. The van der Waals surface area contributed by atoms with Crippen LogP contribution in [0.25, 0.3) is 0 Å². The monoisotopic (exact) mass is 207 g/mol. The molecule has 1 rings (SSSR count). The lowest BCUT2D eigenvalue weighted by atomic mass is 9.98. The Hall–Kier alpha value is -1.51. The fourth-order valence-corrected chi connectivity index (χ4v) is 1.35. The fraction of sp³-hybridized carbons (Fsp3) is 0.417. The second kappa shape index (κ2) is 5.39. The minimum atomic E-state index is -0.425. The molecule has 1 aromatic rings. The number of para-hydroxylation sites is 1. The third-order valence-electron chi connectivity index (χ3n) is 2.47. The number of nitrogens with one attached hydrogen (secondary N) is 1. The molecule has 1 amide bonds. The third-order valence-corrected chi connectivity index (χ3v) is 2.47. The number of hydrogen-bond donors (Lipinski definition) is 1. The number of carbonyl (C=O) groups is 1. The summed E-state index contributed by atoms with van der Waals surface area (Å²) >= 11 is 0. The molecule has 0 bridgehead atoms. The number of benzene rings is 1. The predicted octanol–water partition coefficient (Wildman–Crippen LogP) is 2.92. The van der Waals surface area contributed by atoms with Crippen molar-refractivity contribution in [2.45, 2.75) is 26.2 Å². The molecule has 1 N–H and O–H groups in total. The Labute approximate surface area is 90.4 Å². The molecule has 0 saturated heterocycles. The molecule has 0 radical (unpaired) electrons. The molecule has 0 heterocycles. The van der Waals surface area contributed by atoms with Crippen molar-refractivity contribution < 1.29 is 9.53 Å². The summed E-state index contributed by atoms with van der Waals surface area (Å²) in [5, 5.41) is 2.44. The number of ether oxygens (including phenoxy) is 1. The van der Waals surface area contributed by atoms with Gasteiger partial charge in [0.2, 0.25) is 0 Å². The van der Waals surface area contributed by atoms with Crippen molar-refractivity contribution in [2.24, 2.45) is 0 Å². The first-order valence-corrected chi connectivity index (χ1v) is 5.17. The fourth-order valence-electron chi connectivity index (χ4n) is 1.35. The van der Waals surface area contributed by atoms with E-state index >= 15 is 0 Å². The van der Waals surface area contributed by atoms with E-state index in [-0.39, 0.29) is 0 Å². The van der Waals surface area contributed by atoms with E-state index in [1.165, 1.54) is 0 Å². The molecule has 3 heteroatoms. The van der Waals surface area contributed by atoms with Gasteiger partial charge in [0.05, 0.1) is 0 Å². The molecule has 0 aromatic heterocycles. The Bertz CT molecular complexity index is 336. The Kier molecular flexibility index (Phi) is 4.16. The molecule has 0 aliphatic heterocycles. The van der Waals surface area contributed by atoms with Crippen LogP contribution < -0.4 is 10.1 Å². The highest BCUT2D eigenvalue weighted by Gasteiger charge is 2.11. The second-order valence-corrected chi connectivity index (χ2v) is 3.49. The third kappa shape index (κ3) is 2.98. The van der Waals surface area contributed by atoms with Crippen LogP contribution in [-0.2, 0) is 0 Å². The number of carbonyl (C=O) groups excluding carboxylic acids is 1. The van der Waals surface area contributed by atoms with Gasteiger partial charge in [-0.25, -0.2) is 4.79 Å². The van der Waals surface area contributed by atoms with Crippen molar-refractivity contribution in [2.75, 3.05) is 7.05 Å². The van der Waals surface area contributed by atoms with Crippen LogP contribution >= 0.6 is 0 Å². The van der Waals surface area contributed by atoms with Crippen LogP contribution in [0.15, 0.2) is 24.3 Å². The minimum absolute atomic E-state index is 0.394. The number of hydrogen-bond acceptors (Lipinski definition) is 2. The van der Waals surface area contributed by atoms with E-state index in [0.717, 1.165) is 12.0 Å². The summed E-state index contributed by atoms with van der Waals surface area (Å²) in [5.74, 6) is 1.04. The molecule has 1 aromatic carbocycles. The van der Waals surface area contributed by atoms with Crippen LogP contribution in [-0.4, -0.2) is 13.1 Å². The van der Waals surface area contributed by atoms with Crippen molar-refractivity contribution in [3.05, 3.63) is 29.8 Å². The Balaban J connectivity index is 2.91. The van der Waals surface area contributed by atoms with E-state index in [1.54, 1.807) is 7.05 Å². The summed E-state index contributed by atoms with van der Waals surface area (Å²) in [6.07, 6.45) is 0.597. The minimum Gasteiger partial charge on any atom is -0.410 e. The summed E-state index contributed by atoms with van der Waals surface area (Å²) in [5.41, 5.74) is 1.07. The maximum atomic E-state index is 11.1. The topological polar surface area (TPSA) is 38.3 Å². The second-order valence-electron chi connectivity index (χ2n) is 3.49. The van der Waals surface area contributed by atoms with Crippen molar-refractivity contribution in [1.82, 2.24) is 5.32 Å². The largest absolute Gasteiger partial charge is 0.412 e. The maximum absolute atomic E-state index is 11.1. The summed E-state index contributed by atoms with van der Waals surface area (Å²) in [7, 11) is 1.55. The molecule has 0 spiro atoms. The molecule has 15 heavy (non-hydrogen) atoms. The highest BCUT2D eigenvalue weighted by Crippen LogP contribution is 2.28. The van der Waals surface area contributed by atoms with Gasteiger partial charge >= 0.3 is 6.09 Å². The molecule has 82 valence electrons. The highest BCUT2D eigenvalue weighted by molar-refractivity contribution is 5.70. The molecular weight excluding hydrogens is 190 g/mol. The molecule has 0 saturated carbocycles. The first kappa shape index (κ1) is 11.6. The molecule has 0 fully saturated rings. The molecular formula is C12H17NO2. The van der Waals surface area contributed by atoms with E-state index in [9.17, 15) is 4.79 Å². The van der Waals surface area contributed by atoms with Crippen LogP contribution in [0, 0.1) is 0 Å². The van der Waals surface area contributed by atoms with Gasteiger partial charge in [-0.1, -0.05) is 32.0 Å². The zero-order chi connectivity index (χ0) is 11.3. The zero-order valence-electron chi connectivity index (χ0n) is 9.41. The van der Waals surface area contributed by atoms with E-state index in [0.29, 0.717) is 11.7 Å². The van der Waals surface area contributed by atoms with Crippen molar-refractivity contribution >= 4 is 6.09 Å². The van der Waals surface area contributed by atoms with Crippen molar-refractivity contribution in [1.29, 1.82) is 0 Å². The average Bonchev–Trinajstić information content (AvgIpc) is 2.28. The van der Waals surface area contributed by atoms with Gasteiger partial charge in [0.1, 0.15) is 5.75 Å². The Morgan fingerprint density at radius 1 is 1.47 bits per heavy atom. The van der Waals surface area contributed by atoms with Gasteiger partial charge in [-0.2, -0.15) is 0 Å². The normalized spacial score (nSPS) is 11.9. The highest BCUT2D eigenvalue weighted by atomic mass is 16.6. The van der Waals surface area contributed by atoms with E-state index in [1.807, 2.05) is 24.3 Å².